The predicted molar refractivity (Wildman–Crippen MR) is 103 cm³/mol. The van der Waals surface area contributed by atoms with Gasteiger partial charge in [-0.1, -0.05) is 17.7 Å². The van der Waals surface area contributed by atoms with Gasteiger partial charge < -0.3 is 10.1 Å². The fraction of sp³-hybridized carbons (Fsp3) is 0.350. The number of rotatable bonds is 7. The lowest BCUT2D eigenvalue weighted by Crippen LogP contribution is -2.46. The highest BCUT2D eigenvalue weighted by molar-refractivity contribution is 7.89. The Kier molecular flexibility index (Phi) is 6.31. The van der Waals surface area contributed by atoms with E-state index in [2.05, 4.69) is 5.32 Å². The van der Waals surface area contributed by atoms with Crippen molar-refractivity contribution in [2.75, 3.05) is 19.7 Å². The standard InChI is InChI=1S/C20H23FN2O4S/c1-15-4-8-17(9-5-15)27-14-12-22-20(24)19-3-2-13-23(19)28(25,26)18-10-6-16(21)7-11-18/h4-11,19H,2-3,12-14H2,1H3,(H,22,24)/t19-/m0/s1. The molecule has 0 spiro atoms. The Bertz CT molecular complexity index is 914. The van der Waals surface area contributed by atoms with Crippen LogP contribution in [0, 0.1) is 12.7 Å². The van der Waals surface area contributed by atoms with Crippen molar-refractivity contribution in [1.29, 1.82) is 0 Å². The Morgan fingerprint density at radius 2 is 1.86 bits per heavy atom. The minimum absolute atomic E-state index is 0.0173. The zero-order valence-electron chi connectivity index (χ0n) is 15.6. The molecule has 8 heteroatoms. The first-order chi connectivity index (χ1) is 13.4. The van der Waals surface area contributed by atoms with Crippen LogP contribution in [0.3, 0.4) is 0 Å². The molecule has 0 unspecified atom stereocenters. The van der Waals surface area contributed by atoms with Gasteiger partial charge in [0.05, 0.1) is 11.4 Å². The van der Waals surface area contributed by atoms with Crippen molar-refractivity contribution in [3.8, 4) is 5.75 Å². The van der Waals surface area contributed by atoms with Gasteiger partial charge in [-0.05, 0) is 56.2 Å². The highest BCUT2D eigenvalue weighted by Crippen LogP contribution is 2.26. The average molecular weight is 406 g/mol. The summed E-state index contributed by atoms with van der Waals surface area (Å²) in [7, 11) is -3.85. The fourth-order valence-corrected chi connectivity index (χ4v) is 4.78. The molecule has 1 saturated heterocycles. The van der Waals surface area contributed by atoms with Gasteiger partial charge in [-0.25, -0.2) is 12.8 Å². The number of benzene rings is 2. The van der Waals surface area contributed by atoms with E-state index in [0.717, 1.165) is 17.7 Å². The number of aryl methyl sites for hydroxylation is 1. The van der Waals surface area contributed by atoms with E-state index in [-0.39, 0.29) is 30.5 Å². The van der Waals surface area contributed by atoms with Crippen molar-refractivity contribution in [1.82, 2.24) is 9.62 Å². The maximum Gasteiger partial charge on any atom is 0.243 e. The number of hydrogen-bond donors (Lipinski definition) is 1. The van der Waals surface area contributed by atoms with Crippen LogP contribution in [0.4, 0.5) is 4.39 Å². The molecule has 28 heavy (non-hydrogen) atoms. The summed E-state index contributed by atoms with van der Waals surface area (Å²) in [5, 5.41) is 2.74. The first kappa shape index (κ1) is 20.3. The van der Waals surface area contributed by atoms with Crippen molar-refractivity contribution in [2.24, 2.45) is 0 Å². The van der Waals surface area contributed by atoms with Gasteiger partial charge in [0, 0.05) is 6.54 Å². The monoisotopic (exact) mass is 406 g/mol. The third kappa shape index (κ3) is 4.69. The quantitative estimate of drug-likeness (QED) is 0.717. The molecule has 0 aliphatic carbocycles. The number of ether oxygens (including phenoxy) is 1. The van der Waals surface area contributed by atoms with Crippen molar-refractivity contribution in [3.63, 3.8) is 0 Å². The second-order valence-electron chi connectivity index (χ2n) is 6.68. The van der Waals surface area contributed by atoms with E-state index >= 15 is 0 Å². The molecule has 1 heterocycles. The smallest absolute Gasteiger partial charge is 0.243 e. The lowest BCUT2D eigenvalue weighted by atomic mass is 10.2. The number of nitrogens with zero attached hydrogens (tertiary/aromatic N) is 1. The predicted octanol–water partition coefficient (Wildman–Crippen LogP) is 2.48. The molecule has 2 aromatic carbocycles. The minimum Gasteiger partial charge on any atom is -0.492 e. The second kappa shape index (κ2) is 8.70. The summed E-state index contributed by atoms with van der Waals surface area (Å²) in [6.45, 7) is 2.80. The van der Waals surface area contributed by atoms with Gasteiger partial charge in [0.2, 0.25) is 15.9 Å². The van der Waals surface area contributed by atoms with Crippen LogP contribution in [0.1, 0.15) is 18.4 Å². The summed E-state index contributed by atoms with van der Waals surface area (Å²) in [5.74, 6) is -0.153. The molecule has 0 radical (unpaired) electrons. The third-order valence-corrected chi connectivity index (χ3v) is 6.54. The zero-order chi connectivity index (χ0) is 20.1. The first-order valence-electron chi connectivity index (χ1n) is 9.12. The summed E-state index contributed by atoms with van der Waals surface area (Å²) in [6, 6.07) is 11.4. The van der Waals surface area contributed by atoms with Crippen LogP contribution in [0.25, 0.3) is 0 Å². The number of hydrogen-bond acceptors (Lipinski definition) is 4. The highest BCUT2D eigenvalue weighted by atomic mass is 32.2. The van der Waals surface area contributed by atoms with Gasteiger partial charge in [-0.15, -0.1) is 0 Å². The lowest BCUT2D eigenvalue weighted by Gasteiger charge is -2.23. The van der Waals surface area contributed by atoms with Crippen molar-refractivity contribution < 1.29 is 22.3 Å². The van der Waals surface area contributed by atoms with Crippen LogP contribution in [-0.2, 0) is 14.8 Å². The SMILES string of the molecule is Cc1ccc(OCCNC(=O)[C@@H]2CCCN2S(=O)(=O)c2ccc(F)cc2)cc1. The molecule has 6 nitrogen and oxygen atoms in total. The molecule has 0 saturated carbocycles. The summed E-state index contributed by atoms with van der Waals surface area (Å²) in [6.07, 6.45) is 1.05. The van der Waals surface area contributed by atoms with Gasteiger partial charge in [0.25, 0.3) is 0 Å². The van der Waals surface area contributed by atoms with Crippen LogP contribution in [0.15, 0.2) is 53.4 Å². The molecule has 150 valence electrons. The molecule has 1 amide bonds. The van der Waals surface area contributed by atoms with Crippen LogP contribution in [0.2, 0.25) is 0 Å². The molecule has 1 N–H and O–H groups in total. The van der Waals surface area contributed by atoms with Gasteiger partial charge in [-0.2, -0.15) is 4.31 Å². The zero-order valence-corrected chi connectivity index (χ0v) is 16.4. The van der Waals surface area contributed by atoms with E-state index in [1.807, 2.05) is 31.2 Å². The van der Waals surface area contributed by atoms with Gasteiger partial charge >= 0.3 is 0 Å². The molecule has 0 bridgehead atoms. The number of amides is 1. The fourth-order valence-electron chi connectivity index (χ4n) is 3.13. The van der Waals surface area contributed by atoms with Gasteiger partial charge in [0.15, 0.2) is 0 Å². The molecular weight excluding hydrogens is 383 g/mol. The van der Waals surface area contributed by atoms with Crippen LogP contribution >= 0.6 is 0 Å². The second-order valence-corrected chi connectivity index (χ2v) is 8.57. The molecule has 2 aromatic rings. The molecule has 0 aromatic heterocycles. The highest BCUT2D eigenvalue weighted by Gasteiger charge is 2.39. The van der Waals surface area contributed by atoms with Gasteiger partial charge in [0.1, 0.15) is 24.2 Å². The van der Waals surface area contributed by atoms with E-state index in [1.165, 1.54) is 16.4 Å². The molecule has 1 atom stereocenters. The van der Waals surface area contributed by atoms with E-state index in [4.69, 9.17) is 4.74 Å². The van der Waals surface area contributed by atoms with Crippen LogP contribution in [0.5, 0.6) is 5.75 Å². The number of nitrogens with one attached hydrogen (secondary N) is 1. The number of carbonyl (C=O) groups is 1. The summed E-state index contributed by atoms with van der Waals surface area (Å²) < 4.78 is 45.4. The Labute approximate surface area is 164 Å². The van der Waals surface area contributed by atoms with E-state index in [0.29, 0.717) is 18.6 Å². The molecular formula is C20H23FN2O4S. The maximum absolute atomic E-state index is 13.1. The normalized spacial score (nSPS) is 17.4. The van der Waals surface area contributed by atoms with Crippen LogP contribution < -0.4 is 10.1 Å². The molecule has 3 rings (SSSR count). The van der Waals surface area contributed by atoms with Gasteiger partial charge in [-0.3, -0.25) is 4.79 Å². The van der Waals surface area contributed by atoms with Crippen molar-refractivity contribution >= 4 is 15.9 Å². The van der Waals surface area contributed by atoms with Crippen molar-refractivity contribution in [2.45, 2.75) is 30.7 Å². The number of carbonyl (C=O) groups excluding carboxylic acids is 1. The Morgan fingerprint density at radius 1 is 1.18 bits per heavy atom. The summed E-state index contributed by atoms with van der Waals surface area (Å²) in [4.78, 5) is 12.5. The number of sulfonamides is 1. The molecule has 1 aliphatic rings. The molecule has 1 fully saturated rings. The van der Waals surface area contributed by atoms with Crippen LogP contribution in [-0.4, -0.2) is 44.4 Å². The largest absolute Gasteiger partial charge is 0.492 e. The average Bonchev–Trinajstić information content (AvgIpc) is 3.18. The summed E-state index contributed by atoms with van der Waals surface area (Å²) >= 11 is 0. The van der Waals surface area contributed by atoms with E-state index in [9.17, 15) is 17.6 Å². The van der Waals surface area contributed by atoms with E-state index in [1.54, 1.807) is 0 Å². The maximum atomic E-state index is 13.1. The first-order valence-corrected chi connectivity index (χ1v) is 10.6. The van der Waals surface area contributed by atoms with E-state index < -0.39 is 21.9 Å². The van der Waals surface area contributed by atoms with Crippen molar-refractivity contribution in [3.05, 3.63) is 59.9 Å². The molecule has 1 aliphatic heterocycles. The summed E-state index contributed by atoms with van der Waals surface area (Å²) in [5.41, 5.74) is 1.13. The Hall–Kier alpha value is -2.45. The Balaban J connectivity index is 1.56. The topological polar surface area (TPSA) is 75.7 Å². The Morgan fingerprint density at radius 3 is 2.54 bits per heavy atom. The minimum atomic E-state index is -3.85. The number of halogens is 1. The lowest BCUT2D eigenvalue weighted by molar-refractivity contribution is -0.124. The third-order valence-electron chi connectivity index (χ3n) is 4.62.